The largest absolute Gasteiger partial charge is 0.458 e. The van der Waals surface area contributed by atoms with Crippen molar-refractivity contribution in [3.8, 4) is 73.2 Å². The number of benzene rings is 9. The van der Waals surface area contributed by atoms with Crippen LogP contribution >= 0.6 is 0 Å². The van der Waals surface area contributed by atoms with Crippen LogP contribution in [-0.2, 0) is 16.2 Å². The van der Waals surface area contributed by atoms with Gasteiger partial charge in [-0.1, -0.05) is 201 Å². The van der Waals surface area contributed by atoms with Gasteiger partial charge in [-0.3, -0.25) is 13.7 Å². The fourth-order valence-corrected chi connectivity index (χ4v) is 9.78. The van der Waals surface area contributed by atoms with Gasteiger partial charge in [-0.25, -0.2) is 4.98 Å². The maximum atomic E-state index is 10.4. The molecule has 0 saturated heterocycles. The molecule has 77 heavy (non-hydrogen) atoms. The summed E-state index contributed by atoms with van der Waals surface area (Å²) in [7, 11) is 0. The highest BCUT2D eigenvalue weighted by Crippen LogP contribution is 2.43. The van der Waals surface area contributed by atoms with Crippen LogP contribution in [0.15, 0.2) is 224 Å². The van der Waals surface area contributed by atoms with Gasteiger partial charge in [-0.15, -0.1) is 0 Å². The lowest BCUT2D eigenvalue weighted by Crippen LogP contribution is -2.35. The predicted octanol–water partition coefficient (Wildman–Crippen LogP) is 18.6. The third-order valence-electron chi connectivity index (χ3n) is 13.8. The fourth-order valence-electron chi connectivity index (χ4n) is 9.78. The molecule has 9 aromatic carbocycles. The van der Waals surface area contributed by atoms with Gasteiger partial charge in [-0.05, 0) is 150 Å². The highest BCUT2D eigenvalue weighted by Gasteiger charge is 2.29. The maximum Gasteiger partial charge on any atom is 0.269 e. The van der Waals surface area contributed by atoms with Crippen molar-refractivity contribution >= 4 is 32.8 Å². The number of hydrogen-bond donors (Lipinski definition) is 0. The van der Waals surface area contributed by atoms with Crippen molar-refractivity contribution in [2.45, 2.75) is 78.6 Å². The number of hydrogen-bond acceptors (Lipinski definition) is 2. The lowest BCUT2D eigenvalue weighted by Gasteiger charge is -2.30. The van der Waals surface area contributed by atoms with E-state index >= 15 is 0 Å². The first-order chi connectivity index (χ1) is 44.5. The SMILES string of the molecule is [2H]c1c([2H])c([2H])c(-c2ccc3c(c2)n(-c2cccc(Oc4ccc5c6ccccc6n(-c6cc(C(C)(C)C)ccn6)c5c4)c2)[c-][n+]3-c2c(-c3c([2H])c(-c4c([2H])c([2H])c([2H])c([2H])c4[2H])c([2H])c(-c4c([2H])c([2H])c([2H])c([2H])c4[2H])c3[2H])cc(C(C)(C)C)cc2C(C)(C)C)c([2H])c1[2H]. The number of pyridine rings is 1. The summed E-state index contributed by atoms with van der Waals surface area (Å²) in [6, 6.07) is 21.5. The Balaban J connectivity index is 1.17. The van der Waals surface area contributed by atoms with Crippen molar-refractivity contribution in [3.63, 3.8) is 0 Å². The van der Waals surface area contributed by atoms with E-state index in [4.69, 9.17) is 24.8 Å². The van der Waals surface area contributed by atoms with Crippen LogP contribution in [0.4, 0.5) is 0 Å². The van der Waals surface area contributed by atoms with Crippen LogP contribution in [0.25, 0.3) is 94.5 Å². The first kappa shape index (κ1) is 32.6. The topological polar surface area (TPSA) is 35.9 Å². The molecule has 12 rings (SSSR count). The number of aromatic nitrogens is 4. The van der Waals surface area contributed by atoms with E-state index in [0.717, 1.165) is 33.2 Å². The van der Waals surface area contributed by atoms with Gasteiger partial charge < -0.3 is 4.74 Å². The number of nitrogens with zero attached hydrogens (tertiary/aromatic N) is 4. The van der Waals surface area contributed by atoms with Crippen LogP contribution in [0.5, 0.6) is 11.5 Å². The van der Waals surface area contributed by atoms with E-state index in [0.29, 0.717) is 39.3 Å². The van der Waals surface area contributed by atoms with E-state index in [9.17, 15) is 9.60 Å². The summed E-state index contributed by atoms with van der Waals surface area (Å²) >= 11 is 0. The van der Waals surface area contributed by atoms with Gasteiger partial charge in [0.25, 0.3) is 6.33 Å². The van der Waals surface area contributed by atoms with Crippen molar-refractivity contribution in [3.05, 3.63) is 247 Å². The molecule has 0 radical (unpaired) electrons. The average molecular weight is 1020 g/mol. The van der Waals surface area contributed by atoms with Crippen molar-refractivity contribution in [1.29, 1.82) is 0 Å². The molecular weight excluding hydrogens is 937 g/mol. The van der Waals surface area contributed by atoms with E-state index in [1.165, 1.54) is 0 Å². The van der Waals surface area contributed by atoms with Gasteiger partial charge in [0.15, 0.2) is 0 Å². The second-order valence-corrected chi connectivity index (χ2v) is 22.2. The summed E-state index contributed by atoms with van der Waals surface area (Å²) in [5.41, 5.74) is 1.65. The Hall–Kier alpha value is -8.80. The predicted molar refractivity (Wildman–Crippen MR) is 320 cm³/mol. The molecule has 0 aliphatic rings. The summed E-state index contributed by atoms with van der Waals surface area (Å²) in [6.07, 6.45) is 5.40. The van der Waals surface area contributed by atoms with Gasteiger partial charge in [0, 0.05) is 23.0 Å². The third kappa shape index (κ3) is 9.41. The molecule has 3 heterocycles. The molecular formula is C72H64N4O. The molecule has 0 atom stereocenters. The van der Waals surface area contributed by atoms with Gasteiger partial charge in [0.1, 0.15) is 17.3 Å². The summed E-state index contributed by atoms with van der Waals surface area (Å²) < 4.78 is 176. The molecule has 0 aliphatic carbocycles. The maximum absolute atomic E-state index is 10.4. The van der Waals surface area contributed by atoms with E-state index in [2.05, 4.69) is 49.9 Å². The van der Waals surface area contributed by atoms with Crippen LogP contribution < -0.4 is 9.30 Å². The fraction of sp³-hybridized carbons (Fsp3) is 0.167. The Labute approximate surface area is 478 Å². The van der Waals surface area contributed by atoms with E-state index in [1.54, 1.807) is 51.6 Å². The molecule has 0 saturated carbocycles. The van der Waals surface area contributed by atoms with Crippen LogP contribution in [0.3, 0.4) is 0 Å². The number of imidazole rings is 1. The molecule has 0 unspecified atom stereocenters. The Morgan fingerprint density at radius 2 is 1.09 bits per heavy atom. The minimum absolute atomic E-state index is 0.0819. The molecule has 5 nitrogen and oxygen atoms in total. The first-order valence-corrected chi connectivity index (χ1v) is 25.4. The first-order valence-electron chi connectivity index (χ1n) is 34.4. The number of rotatable bonds is 9. The molecule has 12 aromatic rings. The molecule has 0 N–H and O–H groups in total. The van der Waals surface area contributed by atoms with E-state index < -0.39 is 142 Å². The number of para-hydroxylation sites is 1. The zero-order valence-electron chi connectivity index (χ0n) is 62.2. The van der Waals surface area contributed by atoms with Crippen LogP contribution in [0.2, 0.25) is 0 Å². The third-order valence-corrected chi connectivity index (χ3v) is 13.8. The van der Waals surface area contributed by atoms with Crippen molar-refractivity contribution in [2.24, 2.45) is 0 Å². The number of ether oxygens (including phenoxy) is 1. The minimum atomic E-state index is -0.842. The van der Waals surface area contributed by atoms with Crippen molar-refractivity contribution < 1.29 is 34.0 Å². The van der Waals surface area contributed by atoms with Gasteiger partial charge in [0.2, 0.25) is 0 Å². The summed E-state index contributed by atoms with van der Waals surface area (Å²) in [6.45, 7) is 18.2. The second-order valence-electron chi connectivity index (χ2n) is 22.2. The summed E-state index contributed by atoms with van der Waals surface area (Å²) in [4.78, 5) is 4.86. The van der Waals surface area contributed by atoms with Crippen LogP contribution in [0.1, 0.15) is 104 Å². The van der Waals surface area contributed by atoms with Crippen LogP contribution in [0, 0.1) is 6.33 Å². The lowest BCUT2D eigenvalue weighted by atomic mass is 9.77. The Morgan fingerprint density at radius 1 is 0.481 bits per heavy atom. The highest BCUT2D eigenvalue weighted by molar-refractivity contribution is 6.09. The average Bonchev–Trinajstić information content (AvgIpc) is 1.53. The zero-order valence-corrected chi connectivity index (χ0v) is 44.2. The molecule has 0 bridgehead atoms. The normalized spacial score (nSPS) is 15.5. The Morgan fingerprint density at radius 3 is 1.74 bits per heavy atom. The molecule has 378 valence electrons. The quantitative estimate of drug-likeness (QED) is 0.107. The summed E-state index contributed by atoms with van der Waals surface area (Å²) in [5, 5.41) is 2.00. The van der Waals surface area contributed by atoms with Gasteiger partial charge in [0.05, 0.1) is 58.1 Å². The Kier molecular flexibility index (Phi) is 8.08. The Bertz CT molecular complexity index is 5100. The van der Waals surface area contributed by atoms with Crippen molar-refractivity contribution in [1.82, 2.24) is 14.1 Å². The molecule has 0 fully saturated rings. The zero-order chi connectivity index (χ0) is 68.9. The van der Waals surface area contributed by atoms with Gasteiger partial charge in [-0.2, -0.15) is 0 Å². The van der Waals surface area contributed by atoms with E-state index in [-0.39, 0.29) is 33.4 Å². The monoisotopic (exact) mass is 1020 g/mol. The molecule has 0 spiro atoms. The molecule has 0 aliphatic heterocycles. The van der Waals surface area contributed by atoms with Crippen LogP contribution in [-0.4, -0.2) is 14.1 Å². The minimum Gasteiger partial charge on any atom is -0.458 e. The summed E-state index contributed by atoms with van der Waals surface area (Å²) in [5.74, 6) is 1.61. The highest BCUT2D eigenvalue weighted by atomic mass is 16.5. The standard InChI is InChI=1S/C72H64N4O/c1-70(2,3)55-36-37-73-68(44-55)76-64-31-20-19-30-60(64)61-34-33-59(46-66(61)76)77-58-29-21-28-57(45-58)74-47-75(65-35-32-51(41-67(65)74)48-22-13-10-14-23-48)69-62(42-56(71(4,5)6)43-63(69)72(7,8)9)54-39-52(49-24-15-11-16-25-49)38-53(40-54)50-26-17-12-18-27-50/h10-46H,1-9H3/i10D,11D,12D,13D,14D,15D,16D,17D,18D,22D,23D,24D,25D,26D,27D,38D,39D,40D. The van der Waals surface area contributed by atoms with Crippen molar-refractivity contribution in [2.75, 3.05) is 0 Å². The molecule has 0 amide bonds. The second kappa shape index (κ2) is 19.1. The molecule has 3 aromatic heterocycles. The lowest BCUT2D eigenvalue weighted by molar-refractivity contribution is -0.572. The van der Waals surface area contributed by atoms with E-state index in [1.807, 2.05) is 96.3 Å². The number of fused-ring (bicyclic) bond motifs is 4. The van der Waals surface area contributed by atoms with Gasteiger partial charge >= 0.3 is 0 Å². The molecule has 5 heteroatoms. The smallest absolute Gasteiger partial charge is 0.269 e.